The van der Waals surface area contributed by atoms with Gasteiger partial charge in [0.25, 0.3) is 0 Å². The SMILES string of the molecule is O=C(O)C1CCCc2c1c1cc(OCc3ccccc3)ccc1n2Cc1ccccc1. The summed E-state index contributed by atoms with van der Waals surface area (Å²) >= 11 is 0. The molecule has 3 aromatic carbocycles. The lowest BCUT2D eigenvalue weighted by Crippen LogP contribution is -2.19. The van der Waals surface area contributed by atoms with Crippen molar-refractivity contribution in [1.29, 1.82) is 0 Å². The summed E-state index contributed by atoms with van der Waals surface area (Å²) in [5.41, 5.74) is 5.51. The summed E-state index contributed by atoms with van der Waals surface area (Å²) in [6, 6.07) is 26.5. The summed E-state index contributed by atoms with van der Waals surface area (Å²) < 4.78 is 8.36. The Balaban J connectivity index is 1.58. The first-order valence-corrected chi connectivity index (χ1v) is 10.8. The predicted molar refractivity (Wildman–Crippen MR) is 122 cm³/mol. The molecule has 0 aliphatic heterocycles. The van der Waals surface area contributed by atoms with Gasteiger partial charge in [-0.05, 0) is 54.2 Å². The number of nitrogens with zero attached hydrogens (tertiary/aromatic N) is 1. The number of hydrogen-bond donors (Lipinski definition) is 1. The van der Waals surface area contributed by atoms with E-state index in [0.29, 0.717) is 13.0 Å². The molecule has 0 bridgehead atoms. The number of carbonyl (C=O) groups is 1. The van der Waals surface area contributed by atoms with Crippen molar-refractivity contribution in [2.75, 3.05) is 0 Å². The zero-order chi connectivity index (χ0) is 21.2. The average molecular weight is 412 g/mol. The van der Waals surface area contributed by atoms with Crippen LogP contribution in [0.15, 0.2) is 78.9 Å². The summed E-state index contributed by atoms with van der Waals surface area (Å²) in [7, 11) is 0. The van der Waals surface area contributed by atoms with Crippen LogP contribution in [0.4, 0.5) is 0 Å². The van der Waals surface area contributed by atoms with E-state index < -0.39 is 11.9 Å². The molecule has 0 radical (unpaired) electrons. The summed E-state index contributed by atoms with van der Waals surface area (Å²) in [6.45, 7) is 1.23. The van der Waals surface area contributed by atoms with E-state index in [-0.39, 0.29) is 0 Å². The van der Waals surface area contributed by atoms with E-state index in [1.54, 1.807) is 0 Å². The Morgan fingerprint density at radius 2 is 1.68 bits per heavy atom. The fourth-order valence-electron chi connectivity index (χ4n) is 4.71. The highest BCUT2D eigenvalue weighted by Gasteiger charge is 2.32. The zero-order valence-corrected chi connectivity index (χ0v) is 17.3. The molecule has 0 spiro atoms. The van der Waals surface area contributed by atoms with Crippen LogP contribution in [0.2, 0.25) is 0 Å². The fraction of sp³-hybridized carbons (Fsp3) is 0.222. The van der Waals surface area contributed by atoms with Crippen LogP contribution < -0.4 is 4.74 Å². The van der Waals surface area contributed by atoms with Crippen molar-refractivity contribution in [1.82, 2.24) is 4.57 Å². The first-order chi connectivity index (χ1) is 15.2. The largest absolute Gasteiger partial charge is 0.489 e. The molecule has 1 aliphatic carbocycles. The number of fused-ring (bicyclic) bond motifs is 3. The van der Waals surface area contributed by atoms with Crippen molar-refractivity contribution in [2.24, 2.45) is 0 Å². The third kappa shape index (κ3) is 3.81. The van der Waals surface area contributed by atoms with Gasteiger partial charge in [-0.3, -0.25) is 4.79 Å². The lowest BCUT2D eigenvalue weighted by molar-refractivity contribution is -0.139. The van der Waals surface area contributed by atoms with E-state index in [1.807, 2.05) is 60.7 Å². The molecule has 0 saturated carbocycles. The lowest BCUT2D eigenvalue weighted by atomic mass is 9.85. The molecule has 1 aliphatic rings. The van der Waals surface area contributed by atoms with Gasteiger partial charge in [-0.1, -0.05) is 60.7 Å². The maximum absolute atomic E-state index is 12.1. The van der Waals surface area contributed by atoms with Crippen LogP contribution >= 0.6 is 0 Å². The fourth-order valence-corrected chi connectivity index (χ4v) is 4.71. The molecule has 156 valence electrons. The molecule has 4 aromatic rings. The topological polar surface area (TPSA) is 51.5 Å². The summed E-state index contributed by atoms with van der Waals surface area (Å²) in [6.07, 6.45) is 2.48. The highest BCUT2D eigenvalue weighted by molar-refractivity contribution is 5.92. The molecule has 1 unspecified atom stereocenters. The van der Waals surface area contributed by atoms with Crippen LogP contribution in [-0.2, 0) is 24.4 Å². The maximum atomic E-state index is 12.1. The molecule has 1 atom stereocenters. The molecule has 1 aromatic heterocycles. The van der Waals surface area contributed by atoms with Crippen LogP contribution in [0.1, 0.15) is 41.1 Å². The number of carboxylic acid groups (broad SMARTS) is 1. The van der Waals surface area contributed by atoms with Gasteiger partial charge in [0.15, 0.2) is 0 Å². The second-order valence-electron chi connectivity index (χ2n) is 8.17. The van der Waals surface area contributed by atoms with E-state index >= 15 is 0 Å². The van der Waals surface area contributed by atoms with E-state index in [9.17, 15) is 9.90 Å². The highest BCUT2D eigenvalue weighted by atomic mass is 16.5. The number of aliphatic carboxylic acids is 1. The minimum Gasteiger partial charge on any atom is -0.489 e. The molecule has 0 amide bonds. The quantitative estimate of drug-likeness (QED) is 0.438. The number of benzene rings is 3. The zero-order valence-electron chi connectivity index (χ0n) is 17.3. The molecular formula is C27H25NO3. The van der Waals surface area contributed by atoms with Crippen LogP contribution in [0.5, 0.6) is 5.75 Å². The normalized spacial score (nSPS) is 15.5. The second kappa shape index (κ2) is 8.31. The molecule has 4 nitrogen and oxygen atoms in total. The summed E-state index contributed by atoms with van der Waals surface area (Å²) in [5, 5.41) is 10.9. The van der Waals surface area contributed by atoms with Crippen LogP contribution in [0.3, 0.4) is 0 Å². The molecule has 4 heteroatoms. The van der Waals surface area contributed by atoms with Crippen LogP contribution in [0.25, 0.3) is 10.9 Å². The molecule has 31 heavy (non-hydrogen) atoms. The van der Waals surface area contributed by atoms with E-state index in [2.05, 4.69) is 22.8 Å². The van der Waals surface area contributed by atoms with Crippen LogP contribution in [0, 0.1) is 0 Å². The molecular weight excluding hydrogens is 386 g/mol. The van der Waals surface area contributed by atoms with Gasteiger partial charge in [-0.15, -0.1) is 0 Å². The molecule has 0 saturated heterocycles. The number of hydrogen-bond acceptors (Lipinski definition) is 2. The summed E-state index contributed by atoms with van der Waals surface area (Å²) in [4.78, 5) is 12.1. The lowest BCUT2D eigenvalue weighted by Gasteiger charge is -2.21. The van der Waals surface area contributed by atoms with Gasteiger partial charge >= 0.3 is 5.97 Å². The van der Waals surface area contributed by atoms with Gasteiger partial charge < -0.3 is 14.4 Å². The molecule has 1 heterocycles. The van der Waals surface area contributed by atoms with Crippen molar-refractivity contribution in [3.05, 3.63) is 101 Å². The van der Waals surface area contributed by atoms with Gasteiger partial charge in [0.05, 0.1) is 5.92 Å². The predicted octanol–water partition coefficient (Wildman–Crippen LogP) is 5.77. The van der Waals surface area contributed by atoms with Crippen molar-refractivity contribution in [2.45, 2.75) is 38.3 Å². The van der Waals surface area contributed by atoms with Crippen molar-refractivity contribution in [3.63, 3.8) is 0 Å². The Labute approximate surface area is 181 Å². The molecule has 5 rings (SSSR count). The van der Waals surface area contributed by atoms with Crippen LogP contribution in [-0.4, -0.2) is 15.6 Å². The van der Waals surface area contributed by atoms with Gasteiger partial charge in [-0.25, -0.2) is 0 Å². The van der Waals surface area contributed by atoms with E-state index in [0.717, 1.165) is 52.9 Å². The Hall–Kier alpha value is -3.53. The highest BCUT2D eigenvalue weighted by Crippen LogP contribution is 2.41. The number of ether oxygens (including phenoxy) is 1. The van der Waals surface area contributed by atoms with Gasteiger partial charge in [-0.2, -0.15) is 0 Å². The Kier molecular flexibility index (Phi) is 5.21. The standard InChI is InChI=1S/C27H25NO3/c29-27(30)22-12-7-13-25-26(22)23-16-21(31-18-20-10-5-2-6-11-20)14-15-24(23)28(25)17-19-8-3-1-4-9-19/h1-6,8-11,14-16,22H,7,12-13,17-18H2,(H,29,30). The van der Waals surface area contributed by atoms with Gasteiger partial charge in [0, 0.05) is 23.1 Å². The van der Waals surface area contributed by atoms with Crippen molar-refractivity contribution < 1.29 is 14.6 Å². The Bertz CT molecular complexity index is 1210. The monoisotopic (exact) mass is 411 g/mol. The maximum Gasteiger partial charge on any atom is 0.311 e. The molecule has 1 N–H and O–H groups in total. The van der Waals surface area contributed by atoms with E-state index in [1.165, 1.54) is 5.56 Å². The first kappa shape index (κ1) is 19.4. The second-order valence-corrected chi connectivity index (χ2v) is 8.17. The number of aromatic nitrogens is 1. The average Bonchev–Trinajstić information content (AvgIpc) is 3.12. The van der Waals surface area contributed by atoms with Crippen molar-refractivity contribution in [3.8, 4) is 5.75 Å². The third-order valence-electron chi connectivity index (χ3n) is 6.17. The number of rotatable bonds is 6. The van der Waals surface area contributed by atoms with E-state index in [4.69, 9.17) is 4.74 Å². The Morgan fingerprint density at radius 1 is 0.968 bits per heavy atom. The minimum atomic E-state index is -0.740. The summed E-state index contributed by atoms with van der Waals surface area (Å²) in [5.74, 6) is -0.436. The number of carboxylic acids is 1. The smallest absolute Gasteiger partial charge is 0.311 e. The Morgan fingerprint density at radius 3 is 2.39 bits per heavy atom. The molecule has 0 fully saturated rings. The third-order valence-corrected chi connectivity index (χ3v) is 6.17. The van der Waals surface area contributed by atoms with Gasteiger partial charge in [0.1, 0.15) is 12.4 Å². The minimum absolute atomic E-state index is 0.465. The van der Waals surface area contributed by atoms with Gasteiger partial charge in [0.2, 0.25) is 0 Å². The first-order valence-electron chi connectivity index (χ1n) is 10.8. The van der Waals surface area contributed by atoms with Crippen molar-refractivity contribution >= 4 is 16.9 Å².